The number of aromatic nitrogens is 2. The van der Waals surface area contributed by atoms with Crippen molar-refractivity contribution in [1.29, 1.82) is 0 Å². The van der Waals surface area contributed by atoms with Crippen molar-refractivity contribution < 1.29 is 14.6 Å². The average Bonchev–Trinajstić information content (AvgIpc) is 3.10. The molecule has 0 spiro atoms. The SMILES string of the molecule is Cc1cc2nc(N3CCOCC3)n(CC(=O)c3cc(C(C)(C)C)c(O)c(C(C)(C)C)c3)c2cc1C. The number of carbonyl (C=O) groups excluding carboxylic acids is 1. The molecule has 1 N–H and O–H groups in total. The van der Waals surface area contributed by atoms with E-state index in [0.717, 1.165) is 41.2 Å². The van der Waals surface area contributed by atoms with Gasteiger partial charge in [0.15, 0.2) is 5.78 Å². The Balaban J connectivity index is 1.83. The number of nitrogens with zero attached hydrogens (tertiary/aromatic N) is 3. The summed E-state index contributed by atoms with van der Waals surface area (Å²) in [5.74, 6) is 1.11. The Kier molecular flexibility index (Phi) is 6.47. The summed E-state index contributed by atoms with van der Waals surface area (Å²) in [7, 11) is 0. The van der Waals surface area contributed by atoms with Crippen LogP contribution in [0.3, 0.4) is 0 Å². The summed E-state index contributed by atoms with van der Waals surface area (Å²) in [6.45, 7) is 19.5. The van der Waals surface area contributed by atoms with Crippen LogP contribution in [0.25, 0.3) is 11.0 Å². The number of hydrogen-bond acceptors (Lipinski definition) is 5. The van der Waals surface area contributed by atoms with Gasteiger partial charge in [0.1, 0.15) is 5.75 Å². The molecule has 0 saturated carbocycles. The van der Waals surface area contributed by atoms with Gasteiger partial charge in [0.25, 0.3) is 0 Å². The minimum Gasteiger partial charge on any atom is -0.507 e. The molecule has 0 aliphatic carbocycles. The van der Waals surface area contributed by atoms with E-state index < -0.39 is 0 Å². The van der Waals surface area contributed by atoms with Gasteiger partial charge >= 0.3 is 0 Å². The summed E-state index contributed by atoms with van der Waals surface area (Å²) >= 11 is 0. The molecule has 4 rings (SSSR count). The number of ether oxygens (including phenoxy) is 1. The van der Waals surface area contributed by atoms with Gasteiger partial charge in [0, 0.05) is 29.8 Å². The largest absolute Gasteiger partial charge is 0.507 e. The lowest BCUT2D eigenvalue weighted by atomic mass is 9.78. The molecule has 6 heteroatoms. The van der Waals surface area contributed by atoms with Gasteiger partial charge in [-0.3, -0.25) is 4.79 Å². The lowest BCUT2D eigenvalue weighted by Crippen LogP contribution is -2.38. The molecule has 1 aliphatic rings. The quantitative estimate of drug-likeness (QED) is 0.490. The van der Waals surface area contributed by atoms with Crippen LogP contribution >= 0.6 is 0 Å². The molecule has 35 heavy (non-hydrogen) atoms. The number of morpholine rings is 1. The first kappa shape index (κ1) is 25.2. The Morgan fingerprint density at radius 2 is 1.49 bits per heavy atom. The fourth-order valence-corrected chi connectivity index (χ4v) is 4.70. The van der Waals surface area contributed by atoms with Crippen LogP contribution in [-0.4, -0.2) is 46.7 Å². The maximum Gasteiger partial charge on any atom is 0.207 e. The summed E-state index contributed by atoms with van der Waals surface area (Å²) in [6.07, 6.45) is 0. The fraction of sp³-hybridized carbons (Fsp3) is 0.517. The number of rotatable bonds is 4. The zero-order valence-corrected chi connectivity index (χ0v) is 22.5. The molecule has 0 unspecified atom stereocenters. The normalized spacial score (nSPS) is 15.1. The molecule has 2 aromatic carbocycles. The zero-order chi connectivity index (χ0) is 25.7. The molecular weight excluding hydrogens is 438 g/mol. The number of imidazole rings is 1. The summed E-state index contributed by atoms with van der Waals surface area (Å²) in [6, 6.07) is 7.98. The smallest absolute Gasteiger partial charge is 0.207 e. The number of carbonyl (C=O) groups is 1. The fourth-order valence-electron chi connectivity index (χ4n) is 4.70. The first-order chi connectivity index (χ1) is 16.3. The minimum atomic E-state index is -0.296. The van der Waals surface area contributed by atoms with Gasteiger partial charge < -0.3 is 19.3 Å². The molecular formula is C29H39N3O3. The van der Waals surface area contributed by atoms with E-state index in [1.165, 1.54) is 11.1 Å². The number of Topliss-reactive ketones (excluding diaryl/α,β-unsaturated/α-hetero) is 1. The van der Waals surface area contributed by atoms with Crippen LogP contribution in [0.4, 0.5) is 5.95 Å². The molecule has 0 bridgehead atoms. The van der Waals surface area contributed by atoms with E-state index in [1.807, 2.05) is 12.1 Å². The second kappa shape index (κ2) is 8.98. The molecule has 188 valence electrons. The van der Waals surface area contributed by atoms with Crippen molar-refractivity contribution in [2.75, 3.05) is 31.2 Å². The van der Waals surface area contributed by atoms with Gasteiger partial charge in [-0.1, -0.05) is 41.5 Å². The maximum atomic E-state index is 13.8. The molecule has 1 saturated heterocycles. The number of aryl methyl sites for hydroxylation is 2. The van der Waals surface area contributed by atoms with Crippen molar-refractivity contribution in [2.45, 2.75) is 72.8 Å². The third kappa shape index (κ3) is 4.94. The number of anilines is 1. The van der Waals surface area contributed by atoms with Crippen molar-refractivity contribution in [3.8, 4) is 5.75 Å². The van der Waals surface area contributed by atoms with Crippen molar-refractivity contribution >= 4 is 22.8 Å². The van der Waals surface area contributed by atoms with Crippen LogP contribution in [0.1, 0.15) is 74.2 Å². The Morgan fingerprint density at radius 3 is 2.03 bits per heavy atom. The second-order valence-electron chi connectivity index (χ2n) is 11.9. The third-order valence-corrected chi connectivity index (χ3v) is 6.99. The highest BCUT2D eigenvalue weighted by Crippen LogP contribution is 2.40. The summed E-state index contributed by atoms with van der Waals surface area (Å²) in [5, 5.41) is 11.1. The minimum absolute atomic E-state index is 0.00744. The Hall–Kier alpha value is -2.86. The van der Waals surface area contributed by atoms with Gasteiger partial charge in [-0.05, 0) is 60.1 Å². The standard InChI is InChI=1S/C29H39N3O3/c1-18-13-23-24(14-19(18)2)32(27(30-23)31-9-11-35-12-10-31)17-25(33)20-15-21(28(3,4)5)26(34)22(16-20)29(6,7)8/h13-16,34H,9-12,17H2,1-8H3. The van der Waals surface area contributed by atoms with Crippen molar-refractivity contribution in [3.63, 3.8) is 0 Å². The van der Waals surface area contributed by atoms with Crippen molar-refractivity contribution in [1.82, 2.24) is 9.55 Å². The monoisotopic (exact) mass is 477 g/mol. The lowest BCUT2D eigenvalue weighted by Gasteiger charge is -2.29. The molecule has 6 nitrogen and oxygen atoms in total. The topological polar surface area (TPSA) is 67.6 Å². The van der Waals surface area contributed by atoms with Gasteiger partial charge in [-0.2, -0.15) is 0 Å². The zero-order valence-electron chi connectivity index (χ0n) is 22.5. The number of ketones is 1. The van der Waals surface area contributed by atoms with Crippen LogP contribution in [0.2, 0.25) is 0 Å². The van der Waals surface area contributed by atoms with Crippen molar-refractivity contribution in [2.24, 2.45) is 0 Å². The van der Waals surface area contributed by atoms with E-state index >= 15 is 0 Å². The predicted molar refractivity (Wildman–Crippen MR) is 142 cm³/mol. The van der Waals surface area contributed by atoms with E-state index in [0.29, 0.717) is 18.8 Å². The number of fused-ring (bicyclic) bond motifs is 1. The van der Waals surface area contributed by atoms with E-state index in [-0.39, 0.29) is 28.9 Å². The first-order valence-corrected chi connectivity index (χ1v) is 12.5. The molecule has 0 amide bonds. The average molecular weight is 478 g/mol. The number of phenolic OH excluding ortho intramolecular Hbond substituents is 1. The van der Waals surface area contributed by atoms with E-state index in [2.05, 4.69) is 77.0 Å². The number of phenols is 1. The van der Waals surface area contributed by atoms with E-state index in [1.54, 1.807) is 0 Å². The van der Waals surface area contributed by atoms with E-state index in [9.17, 15) is 9.90 Å². The van der Waals surface area contributed by atoms with Gasteiger partial charge in [0.2, 0.25) is 5.95 Å². The van der Waals surface area contributed by atoms with Gasteiger partial charge in [0.05, 0.1) is 30.8 Å². The summed E-state index contributed by atoms with van der Waals surface area (Å²) in [4.78, 5) is 21.0. The van der Waals surface area contributed by atoms with Crippen LogP contribution in [0, 0.1) is 13.8 Å². The maximum absolute atomic E-state index is 13.8. The summed E-state index contributed by atoms with van der Waals surface area (Å²) in [5.41, 5.74) is 5.85. The van der Waals surface area contributed by atoms with Gasteiger partial charge in [-0.25, -0.2) is 4.98 Å². The molecule has 1 aliphatic heterocycles. The van der Waals surface area contributed by atoms with Gasteiger partial charge in [-0.15, -0.1) is 0 Å². The first-order valence-electron chi connectivity index (χ1n) is 12.5. The lowest BCUT2D eigenvalue weighted by molar-refractivity contribution is 0.0972. The summed E-state index contributed by atoms with van der Waals surface area (Å²) < 4.78 is 7.61. The highest BCUT2D eigenvalue weighted by molar-refractivity contribution is 5.98. The molecule has 2 heterocycles. The number of hydrogen-bond donors (Lipinski definition) is 1. The molecule has 1 aromatic heterocycles. The van der Waals surface area contributed by atoms with Crippen LogP contribution < -0.4 is 4.90 Å². The number of benzene rings is 2. The molecule has 3 aromatic rings. The molecule has 1 fully saturated rings. The third-order valence-electron chi connectivity index (χ3n) is 6.99. The second-order valence-corrected chi connectivity index (χ2v) is 11.9. The molecule has 0 atom stereocenters. The van der Waals surface area contributed by atoms with Crippen LogP contribution in [0.5, 0.6) is 5.75 Å². The van der Waals surface area contributed by atoms with E-state index in [4.69, 9.17) is 9.72 Å². The molecule has 0 radical (unpaired) electrons. The van der Waals surface area contributed by atoms with Crippen LogP contribution in [-0.2, 0) is 22.1 Å². The Labute approximate surface area is 208 Å². The highest BCUT2D eigenvalue weighted by atomic mass is 16.5. The Morgan fingerprint density at radius 1 is 0.943 bits per heavy atom. The predicted octanol–water partition coefficient (Wildman–Crippen LogP) is 5.67. The highest BCUT2D eigenvalue weighted by Gasteiger charge is 2.29. The number of aromatic hydroxyl groups is 1. The van der Waals surface area contributed by atoms with Crippen molar-refractivity contribution in [3.05, 3.63) is 52.1 Å². The van der Waals surface area contributed by atoms with Crippen LogP contribution in [0.15, 0.2) is 24.3 Å². The Bertz CT molecular complexity index is 1230.